The highest BCUT2D eigenvalue weighted by atomic mass is 35.5. The fourth-order valence-electron chi connectivity index (χ4n) is 1.33. The molecule has 0 aliphatic rings. The van der Waals surface area contributed by atoms with Crippen LogP contribution in [0.3, 0.4) is 0 Å². The number of halogens is 1. The van der Waals surface area contributed by atoms with E-state index < -0.39 is 0 Å². The van der Waals surface area contributed by atoms with Crippen molar-refractivity contribution < 1.29 is 4.74 Å². The molecule has 0 radical (unpaired) electrons. The molecule has 1 aromatic heterocycles. The van der Waals surface area contributed by atoms with Gasteiger partial charge in [0.1, 0.15) is 5.75 Å². The lowest BCUT2D eigenvalue weighted by Gasteiger charge is -2.07. The van der Waals surface area contributed by atoms with Crippen LogP contribution in [0.25, 0.3) is 0 Å². The van der Waals surface area contributed by atoms with Crippen molar-refractivity contribution in [2.75, 3.05) is 0 Å². The summed E-state index contributed by atoms with van der Waals surface area (Å²) in [4.78, 5) is 4.19. The van der Waals surface area contributed by atoms with Crippen LogP contribution in [0.5, 0.6) is 11.6 Å². The van der Waals surface area contributed by atoms with Crippen molar-refractivity contribution in [2.24, 2.45) is 5.73 Å². The number of pyridine rings is 1. The van der Waals surface area contributed by atoms with Gasteiger partial charge < -0.3 is 10.5 Å². The summed E-state index contributed by atoms with van der Waals surface area (Å²) in [6, 6.07) is 13.3. The van der Waals surface area contributed by atoms with Gasteiger partial charge in [0, 0.05) is 18.3 Å². The first kappa shape index (κ1) is 13.5. The third kappa shape index (κ3) is 3.73. The van der Waals surface area contributed by atoms with Gasteiger partial charge in [-0.3, -0.25) is 0 Å². The highest BCUT2D eigenvalue weighted by Crippen LogP contribution is 2.19. The predicted octanol–water partition coefficient (Wildman–Crippen LogP) is 3.32. The van der Waals surface area contributed by atoms with Gasteiger partial charge in [0.05, 0.1) is 0 Å². The molecule has 0 saturated carbocycles. The van der Waals surface area contributed by atoms with Crippen molar-refractivity contribution in [1.82, 2.24) is 4.98 Å². The van der Waals surface area contributed by atoms with E-state index in [1.165, 1.54) is 0 Å². The Balaban J connectivity index is 0.00000144. The molecule has 0 amide bonds. The Morgan fingerprint density at radius 3 is 2.35 bits per heavy atom. The number of nitrogens with zero attached hydrogens (tertiary/aromatic N) is 1. The summed E-state index contributed by atoms with van der Waals surface area (Å²) in [6.45, 7) is 1.93. The van der Waals surface area contributed by atoms with E-state index in [4.69, 9.17) is 10.5 Å². The Morgan fingerprint density at radius 1 is 1.12 bits per heavy atom. The van der Waals surface area contributed by atoms with Crippen LogP contribution in [0.4, 0.5) is 0 Å². The smallest absolute Gasteiger partial charge is 0.219 e. The lowest BCUT2D eigenvalue weighted by Crippen LogP contribution is -2.05. The zero-order valence-electron chi connectivity index (χ0n) is 9.54. The molecule has 1 heterocycles. The predicted molar refractivity (Wildman–Crippen MR) is 70.6 cm³/mol. The molecule has 1 atom stereocenters. The standard InChI is InChI=1S/C13H14N2O.ClH/c1-10(14)11-7-8-13(15-9-11)16-12-5-3-2-4-6-12;/h2-10H,14H2,1H3;1H/t10-;/m0./s1. The fraction of sp³-hybridized carbons (Fsp3) is 0.154. The van der Waals surface area contributed by atoms with Crippen LogP contribution in [-0.4, -0.2) is 4.98 Å². The minimum Gasteiger partial charge on any atom is -0.439 e. The van der Waals surface area contributed by atoms with Crippen molar-refractivity contribution in [3.05, 3.63) is 54.2 Å². The number of aromatic nitrogens is 1. The maximum Gasteiger partial charge on any atom is 0.219 e. The summed E-state index contributed by atoms with van der Waals surface area (Å²) in [5.41, 5.74) is 6.74. The second-order valence-electron chi connectivity index (χ2n) is 3.63. The van der Waals surface area contributed by atoms with E-state index >= 15 is 0 Å². The number of hydrogen-bond donors (Lipinski definition) is 1. The van der Waals surface area contributed by atoms with Crippen LogP contribution < -0.4 is 10.5 Å². The quantitative estimate of drug-likeness (QED) is 0.909. The molecule has 17 heavy (non-hydrogen) atoms. The summed E-state index contributed by atoms with van der Waals surface area (Å²) in [5.74, 6) is 1.36. The first-order valence-corrected chi connectivity index (χ1v) is 5.20. The normalized spacial score (nSPS) is 11.4. The maximum atomic E-state index is 5.74. The van der Waals surface area contributed by atoms with Gasteiger partial charge in [-0.15, -0.1) is 12.4 Å². The maximum absolute atomic E-state index is 5.74. The first-order valence-electron chi connectivity index (χ1n) is 5.20. The van der Waals surface area contributed by atoms with Crippen molar-refractivity contribution in [3.63, 3.8) is 0 Å². The molecular formula is C13H15ClN2O. The Hall–Kier alpha value is -1.58. The summed E-state index contributed by atoms with van der Waals surface area (Å²) < 4.78 is 5.56. The van der Waals surface area contributed by atoms with Crippen LogP contribution in [0.2, 0.25) is 0 Å². The minimum atomic E-state index is -0.00160. The number of ether oxygens (including phenoxy) is 1. The third-order valence-corrected chi connectivity index (χ3v) is 2.25. The molecule has 1 aromatic carbocycles. The van der Waals surface area contributed by atoms with Crippen LogP contribution in [0.1, 0.15) is 18.5 Å². The average Bonchev–Trinajstić information content (AvgIpc) is 2.31. The van der Waals surface area contributed by atoms with Crippen molar-refractivity contribution in [3.8, 4) is 11.6 Å². The van der Waals surface area contributed by atoms with Crippen LogP contribution in [0, 0.1) is 0 Å². The molecule has 0 unspecified atom stereocenters. The Bertz CT molecular complexity index is 443. The monoisotopic (exact) mass is 250 g/mol. The van der Waals surface area contributed by atoms with E-state index in [2.05, 4.69) is 4.98 Å². The minimum absolute atomic E-state index is 0. The van der Waals surface area contributed by atoms with E-state index in [0.717, 1.165) is 11.3 Å². The van der Waals surface area contributed by atoms with E-state index in [-0.39, 0.29) is 18.4 Å². The molecule has 0 saturated heterocycles. The molecule has 0 fully saturated rings. The Morgan fingerprint density at radius 2 is 1.82 bits per heavy atom. The summed E-state index contributed by atoms with van der Waals surface area (Å²) in [7, 11) is 0. The lowest BCUT2D eigenvalue weighted by atomic mass is 10.2. The van der Waals surface area contributed by atoms with Gasteiger partial charge in [-0.05, 0) is 24.6 Å². The molecule has 0 aliphatic carbocycles. The van der Waals surface area contributed by atoms with Crippen molar-refractivity contribution in [1.29, 1.82) is 0 Å². The van der Waals surface area contributed by atoms with Gasteiger partial charge in [0.2, 0.25) is 5.88 Å². The molecular weight excluding hydrogens is 236 g/mol. The average molecular weight is 251 g/mol. The van der Waals surface area contributed by atoms with Gasteiger partial charge in [-0.25, -0.2) is 4.98 Å². The van der Waals surface area contributed by atoms with Gasteiger partial charge in [-0.1, -0.05) is 24.3 Å². The number of hydrogen-bond acceptors (Lipinski definition) is 3. The van der Waals surface area contributed by atoms with Gasteiger partial charge in [0.25, 0.3) is 0 Å². The molecule has 0 aliphatic heterocycles. The third-order valence-electron chi connectivity index (χ3n) is 2.25. The highest BCUT2D eigenvalue weighted by molar-refractivity contribution is 5.85. The lowest BCUT2D eigenvalue weighted by molar-refractivity contribution is 0.462. The SMILES string of the molecule is C[C@H](N)c1ccc(Oc2ccccc2)nc1.Cl. The summed E-state index contributed by atoms with van der Waals surface area (Å²) in [5, 5.41) is 0. The topological polar surface area (TPSA) is 48.1 Å². The second-order valence-corrected chi connectivity index (χ2v) is 3.63. The Kier molecular flexibility index (Phi) is 4.94. The molecule has 90 valence electrons. The van der Waals surface area contributed by atoms with Crippen molar-refractivity contribution in [2.45, 2.75) is 13.0 Å². The van der Waals surface area contributed by atoms with E-state index in [0.29, 0.717) is 5.88 Å². The second kappa shape index (κ2) is 6.23. The molecule has 4 heteroatoms. The van der Waals surface area contributed by atoms with Gasteiger partial charge in [-0.2, -0.15) is 0 Å². The largest absolute Gasteiger partial charge is 0.439 e. The Labute approximate surface area is 107 Å². The first-order chi connectivity index (χ1) is 7.75. The zero-order valence-corrected chi connectivity index (χ0v) is 10.4. The zero-order chi connectivity index (χ0) is 11.4. The van der Waals surface area contributed by atoms with Crippen LogP contribution in [-0.2, 0) is 0 Å². The van der Waals surface area contributed by atoms with Crippen molar-refractivity contribution >= 4 is 12.4 Å². The number of para-hydroxylation sites is 1. The molecule has 2 N–H and O–H groups in total. The molecule has 3 nitrogen and oxygen atoms in total. The van der Waals surface area contributed by atoms with E-state index in [1.54, 1.807) is 6.20 Å². The number of rotatable bonds is 3. The highest BCUT2D eigenvalue weighted by Gasteiger charge is 2.01. The van der Waals surface area contributed by atoms with Gasteiger partial charge >= 0.3 is 0 Å². The van der Waals surface area contributed by atoms with Crippen LogP contribution >= 0.6 is 12.4 Å². The van der Waals surface area contributed by atoms with E-state index in [9.17, 15) is 0 Å². The molecule has 2 aromatic rings. The molecule has 0 bridgehead atoms. The van der Waals surface area contributed by atoms with E-state index in [1.807, 2.05) is 49.4 Å². The molecule has 0 spiro atoms. The summed E-state index contributed by atoms with van der Waals surface area (Å²) >= 11 is 0. The number of nitrogens with two attached hydrogens (primary N) is 1. The summed E-state index contributed by atoms with van der Waals surface area (Å²) in [6.07, 6.45) is 1.74. The number of benzene rings is 1. The fourth-order valence-corrected chi connectivity index (χ4v) is 1.33. The van der Waals surface area contributed by atoms with Gasteiger partial charge in [0.15, 0.2) is 0 Å². The molecule has 2 rings (SSSR count). The van der Waals surface area contributed by atoms with Crippen LogP contribution in [0.15, 0.2) is 48.7 Å².